The van der Waals surface area contributed by atoms with Gasteiger partial charge in [-0.2, -0.15) is 0 Å². The zero-order valence-electron chi connectivity index (χ0n) is 11.2. The number of ether oxygens (including phenoxy) is 1. The summed E-state index contributed by atoms with van der Waals surface area (Å²) in [6.45, 7) is 3.47. The van der Waals surface area contributed by atoms with Gasteiger partial charge in [0.05, 0.1) is 18.1 Å². The molecule has 2 N–H and O–H groups in total. The summed E-state index contributed by atoms with van der Waals surface area (Å²) in [7, 11) is 0. The molecule has 3 atom stereocenters. The molecule has 1 aromatic carbocycles. The molecule has 0 aliphatic carbocycles. The van der Waals surface area contributed by atoms with Gasteiger partial charge in [0.2, 0.25) is 5.91 Å². The van der Waals surface area contributed by atoms with Gasteiger partial charge in [-0.3, -0.25) is 4.79 Å². The zero-order valence-corrected chi connectivity index (χ0v) is 11.2. The van der Waals surface area contributed by atoms with E-state index in [0.717, 1.165) is 19.4 Å². The van der Waals surface area contributed by atoms with Gasteiger partial charge in [-0.1, -0.05) is 18.2 Å². The maximum atomic E-state index is 12.2. The number of nitrogens with one attached hydrogen (secondary N) is 2. The molecule has 0 bridgehead atoms. The Morgan fingerprint density at radius 3 is 3.05 bits per heavy atom. The molecule has 2 heterocycles. The van der Waals surface area contributed by atoms with Crippen LogP contribution in [0.2, 0.25) is 0 Å². The van der Waals surface area contributed by atoms with E-state index in [1.54, 1.807) is 0 Å². The lowest BCUT2D eigenvalue weighted by Crippen LogP contribution is -2.46. The van der Waals surface area contributed by atoms with Crippen LogP contribution >= 0.6 is 0 Å². The van der Waals surface area contributed by atoms with Crippen molar-refractivity contribution in [1.82, 2.24) is 5.32 Å². The molecule has 1 amide bonds. The maximum Gasteiger partial charge on any atom is 0.226 e. The van der Waals surface area contributed by atoms with E-state index < -0.39 is 0 Å². The van der Waals surface area contributed by atoms with Crippen molar-refractivity contribution >= 4 is 11.6 Å². The third kappa shape index (κ3) is 2.59. The van der Waals surface area contributed by atoms with E-state index in [9.17, 15) is 4.79 Å². The fourth-order valence-corrected chi connectivity index (χ4v) is 2.93. The lowest BCUT2D eigenvalue weighted by molar-refractivity contribution is -0.127. The van der Waals surface area contributed by atoms with Gasteiger partial charge < -0.3 is 15.4 Å². The number of amides is 1. The average Bonchev–Trinajstić information content (AvgIpc) is 2.85. The van der Waals surface area contributed by atoms with Crippen LogP contribution in [0.15, 0.2) is 24.3 Å². The van der Waals surface area contributed by atoms with E-state index in [4.69, 9.17) is 4.74 Å². The normalized spacial score (nSPS) is 29.4. The van der Waals surface area contributed by atoms with Crippen LogP contribution in [-0.4, -0.2) is 31.2 Å². The molecule has 102 valence electrons. The minimum atomic E-state index is 0.0113. The fourth-order valence-electron chi connectivity index (χ4n) is 2.93. The molecule has 0 saturated carbocycles. The molecule has 1 saturated heterocycles. The zero-order chi connectivity index (χ0) is 13.2. The second kappa shape index (κ2) is 5.21. The topological polar surface area (TPSA) is 50.4 Å². The number of carbonyl (C=O) groups is 1. The molecule has 19 heavy (non-hydrogen) atoms. The van der Waals surface area contributed by atoms with E-state index in [0.29, 0.717) is 6.61 Å². The Bertz CT molecular complexity index is 475. The van der Waals surface area contributed by atoms with Gasteiger partial charge >= 0.3 is 0 Å². The molecule has 4 heteroatoms. The Labute approximate surface area is 113 Å². The number of anilines is 1. The van der Waals surface area contributed by atoms with Gasteiger partial charge in [0.15, 0.2) is 0 Å². The third-order valence-electron chi connectivity index (χ3n) is 4.08. The van der Waals surface area contributed by atoms with Gasteiger partial charge in [0, 0.05) is 18.8 Å². The van der Waals surface area contributed by atoms with Crippen molar-refractivity contribution in [3.05, 3.63) is 29.8 Å². The van der Waals surface area contributed by atoms with Crippen LogP contribution in [0.25, 0.3) is 0 Å². The van der Waals surface area contributed by atoms with Crippen molar-refractivity contribution in [3.8, 4) is 0 Å². The molecule has 2 aliphatic rings. The summed E-state index contributed by atoms with van der Waals surface area (Å²) in [5.74, 6) is 0.147. The highest BCUT2D eigenvalue weighted by Gasteiger charge is 2.32. The van der Waals surface area contributed by atoms with Crippen LogP contribution in [-0.2, 0) is 16.0 Å². The molecule has 0 aromatic heterocycles. The Kier molecular flexibility index (Phi) is 3.42. The van der Waals surface area contributed by atoms with Crippen molar-refractivity contribution in [2.45, 2.75) is 31.9 Å². The van der Waals surface area contributed by atoms with Gasteiger partial charge in [0.1, 0.15) is 0 Å². The van der Waals surface area contributed by atoms with Crippen molar-refractivity contribution in [3.63, 3.8) is 0 Å². The Hall–Kier alpha value is -1.55. The number of para-hydroxylation sites is 1. The van der Waals surface area contributed by atoms with Crippen molar-refractivity contribution in [2.75, 3.05) is 18.5 Å². The Morgan fingerprint density at radius 1 is 1.42 bits per heavy atom. The van der Waals surface area contributed by atoms with E-state index in [-0.39, 0.29) is 24.0 Å². The van der Waals surface area contributed by atoms with Gasteiger partial charge in [-0.15, -0.1) is 0 Å². The quantitative estimate of drug-likeness (QED) is 0.848. The van der Waals surface area contributed by atoms with Crippen LogP contribution in [0, 0.1) is 5.92 Å². The first kappa shape index (κ1) is 12.5. The van der Waals surface area contributed by atoms with Crippen molar-refractivity contribution in [1.29, 1.82) is 0 Å². The van der Waals surface area contributed by atoms with E-state index in [2.05, 4.69) is 22.8 Å². The van der Waals surface area contributed by atoms with Gasteiger partial charge in [0.25, 0.3) is 0 Å². The molecule has 4 nitrogen and oxygen atoms in total. The maximum absolute atomic E-state index is 12.2. The average molecular weight is 260 g/mol. The van der Waals surface area contributed by atoms with Crippen LogP contribution < -0.4 is 10.6 Å². The number of hydrogen-bond acceptors (Lipinski definition) is 3. The highest BCUT2D eigenvalue weighted by atomic mass is 16.5. The highest BCUT2D eigenvalue weighted by molar-refractivity contribution is 5.80. The number of rotatable bonds is 2. The predicted octanol–water partition coefficient (Wildman–Crippen LogP) is 1.56. The molecular weight excluding hydrogens is 240 g/mol. The van der Waals surface area contributed by atoms with Crippen LogP contribution in [0.3, 0.4) is 0 Å². The van der Waals surface area contributed by atoms with Crippen molar-refractivity contribution in [2.24, 2.45) is 5.92 Å². The minimum Gasteiger partial charge on any atom is -0.383 e. The monoisotopic (exact) mass is 260 g/mol. The predicted molar refractivity (Wildman–Crippen MR) is 74.1 cm³/mol. The summed E-state index contributed by atoms with van der Waals surface area (Å²) < 4.78 is 5.46. The van der Waals surface area contributed by atoms with Gasteiger partial charge in [-0.05, 0) is 31.4 Å². The first-order valence-electron chi connectivity index (χ1n) is 6.98. The summed E-state index contributed by atoms with van der Waals surface area (Å²) >= 11 is 0. The summed E-state index contributed by atoms with van der Waals surface area (Å²) in [6.07, 6.45) is 1.78. The smallest absolute Gasteiger partial charge is 0.226 e. The highest BCUT2D eigenvalue weighted by Crippen LogP contribution is 2.23. The molecule has 0 spiro atoms. The minimum absolute atomic E-state index is 0.0113. The van der Waals surface area contributed by atoms with E-state index in [1.807, 2.05) is 19.1 Å². The number of carbonyl (C=O) groups excluding carboxylic acids is 1. The molecular formula is C15H20N2O2. The Morgan fingerprint density at radius 2 is 2.26 bits per heavy atom. The first-order chi connectivity index (χ1) is 9.24. The number of benzene rings is 1. The van der Waals surface area contributed by atoms with Crippen LogP contribution in [0.1, 0.15) is 18.9 Å². The summed E-state index contributed by atoms with van der Waals surface area (Å²) in [4.78, 5) is 12.2. The lowest BCUT2D eigenvalue weighted by Gasteiger charge is -2.28. The molecule has 2 aliphatic heterocycles. The standard InChI is InChI=1S/C15H20N2O2/c1-10-13(6-7-19-10)15(18)17-12-8-11-4-2-3-5-14(11)16-9-12/h2-5,10,12-13,16H,6-9H2,1H3,(H,17,18). The Balaban J connectivity index is 1.61. The SMILES string of the molecule is CC1OCCC1C(=O)NC1CNc2ccccc2C1. The molecule has 1 fully saturated rings. The fraction of sp³-hybridized carbons (Fsp3) is 0.533. The first-order valence-corrected chi connectivity index (χ1v) is 6.98. The molecule has 1 aromatic rings. The van der Waals surface area contributed by atoms with Crippen LogP contribution in [0.5, 0.6) is 0 Å². The largest absolute Gasteiger partial charge is 0.383 e. The lowest BCUT2D eigenvalue weighted by atomic mass is 9.97. The van der Waals surface area contributed by atoms with E-state index >= 15 is 0 Å². The number of fused-ring (bicyclic) bond motifs is 1. The second-order valence-corrected chi connectivity index (χ2v) is 5.42. The summed E-state index contributed by atoms with van der Waals surface area (Å²) in [5, 5.41) is 6.52. The summed E-state index contributed by atoms with van der Waals surface area (Å²) in [5.41, 5.74) is 2.46. The second-order valence-electron chi connectivity index (χ2n) is 5.42. The van der Waals surface area contributed by atoms with Crippen molar-refractivity contribution < 1.29 is 9.53 Å². The van der Waals surface area contributed by atoms with Gasteiger partial charge in [-0.25, -0.2) is 0 Å². The van der Waals surface area contributed by atoms with Crippen LogP contribution in [0.4, 0.5) is 5.69 Å². The van der Waals surface area contributed by atoms with E-state index in [1.165, 1.54) is 11.3 Å². The molecule has 3 unspecified atom stereocenters. The molecule has 0 radical (unpaired) electrons. The molecule has 3 rings (SSSR count). The summed E-state index contributed by atoms with van der Waals surface area (Å²) in [6, 6.07) is 8.44. The number of hydrogen-bond donors (Lipinski definition) is 2. The third-order valence-corrected chi connectivity index (χ3v) is 4.08.